The quantitative estimate of drug-likeness (QED) is 0.301. The van der Waals surface area contributed by atoms with E-state index in [-0.39, 0.29) is 23.1 Å². The number of imidazole rings is 1. The zero-order valence-corrected chi connectivity index (χ0v) is 14.9. The summed E-state index contributed by atoms with van der Waals surface area (Å²) in [6, 6.07) is 8.10. The minimum absolute atomic E-state index is 0.00318. The molecule has 27 heavy (non-hydrogen) atoms. The van der Waals surface area contributed by atoms with Crippen molar-refractivity contribution in [3.63, 3.8) is 0 Å². The van der Waals surface area contributed by atoms with Crippen LogP contribution < -0.4 is 5.32 Å². The Kier molecular flexibility index (Phi) is 5.27. The summed E-state index contributed by atoms with van der Waals surface area (Å²) in [4.78, 5) is 39.4. The van der Waals surface area contributed by atoms with Crippen LogP contribution in [0.1, 0.15) is 22.3 Å². The normalized spacial score (nSPS) is 11.0. The first-order valence-electron chi connectivity index (χ1n) is 7.87. The van der Waals surface area contributed by atoms with Crippen LogP contribution >= 0.6 is 11.3 Å². The number of pyridine rings is 1. The van der Waals surface area contributed by atoms with Crippen LogP contribution in [0.5, 0.6) is 0 Å². The number of esters is 1. The minimum Gasteiger partial charge on any atom is -0.461 e. The molecule has 0 unspecified atom stereocenters. The van der Waals surface area contributed by atoms with E-state index in [1.807, 2.05) is 0 Å². The summed E-state index contributed by atoms with van der Waals surface area (Å²) in [6.07, 6.45) is 4.35. The Bertz CT molecular complexity index is 1050. The number of thiophene rings is 1. The summed E-state index contributed by atoms with van der Waals surface area (Å²) in [5.74, 6) is -0.965. The van der Waals surface area contributed by atoms with Gasteiger partial charge in [0, 0.05) is 23.2 Å². The van der Waals surface area contributed by atoms with E-state index < -0.39 is 16.8 Å². The van der Waals surface area contributed by atoms with E-state index in [0.29, 0.717) is 10.5 Å². The third-order valence-corrected chi connectivity index (χ3v) is 4.43. The number of hydrogen-bond acceptors (Lipinski definition) is 7. The van der Waals surface area contributed by atoms with Gasteiger partial charge in [0.05, 0.1) is 11.5 Å². The maximum Gasteiger partial charge on any atom is 0.360 e. The molecule has 0 aliphatic carbocycles. The number of ether oxygens (including phenoxy) is 1. The van der Waals surface area contributed by atoms with Gasteiger partial charge in [0.2, 0.25) is 5.91 Å². The van der Waals surface area contributed by atoms with Crippen molar-refractivity contribution in [1.29, 1.82) is 0 Å². The molecule has 3 heterocycles. The lowest BCUT2D eigenvalue weighted by atomic mass is 10.3. The highest BCUT2D eigenvalue weighted by Crippen LogP contribution is 2.25. The number of carbonyl (C=O) groups excluding carboxylic acids is 2. The molecule has 0 aromatic carbocycles. The first-order valence-corrected chi connectivity index (χ1v) is 8.68. The molecule has 0 spiro atoms. The van der Waals surface area contributed by atoms with Crippen LogP contribution in [0.15, 0.2) is 42.6 Å². The molecular weight excluding hydrogens is 372 g/mol. The molecule has 0 atom stereocenters. The van der Waals surface area contributed by atoms with E-state index in [4.69, 9.17) is 4.74 Å². The third kappa shape index (κ3) is 4.01. The molecule has 138 valence electrons. The van der Waals surface area contributed by atoms with Crippen LogP contribution in [0.25, 0.3) is 11.7 Å². The van der Waals surface area contributed by atoms with Gasteiger partial charge in [-0.25, -0.2) is 9.78 Å². The second kappa shape index (κ2) is 7.79. The molecule has 0 bridgehead atoms. The molecule has 0 saturated heterocycles. The molecular formula is C17H14N4O5S. The number of rotatable bonds is 6. The Balaban J connectivity index is 1.85. The van der Waals surface area contributed by atoms with Crippen molar-refractivity contribution in [3.8, 4) is 0 Å². The Morgan fingerprint density at radius 1 is 1.37 bits per heavy atom. The van der Waals surface area contributed by atoms with Gasteiger partial charge in [-0.05, 0) is 31.2 Å². The maximum atomic E-state index is 12.3. The Morgan fingerprint density at radius 2 is 2.19 bits per heavy atom. The largest absolute Gasteiger partial charge is 0.461 e. The molecule has 1 amide bonds. The lowest BCUT2D eigenvalue weighted by molar-refractivity contribution is -0.380. The van der Waals surface area contributed by atoms with E-state index in [9.17, 15) is 19.7 Å². The van der Waals surface area contributed by atoms with Crippen LogP contribution in [0.4, 0.5) is 10.8 Å². The maximum absolute atomic E-state index is 12.3. The molecule has 0 aliphatic rings. The fourth-order valence-corrected chi connectivity index (χ4v) is 3.03. The summed E-state index contributed by atoms with van der Waals surface area (Å²) in [6.45, 7) is 1.85. The zero-order valence-electron chi connectivity index (χ0n) is 14.1. The second-order valence-electron chi connectivity index (χ2n) is 5.21. The van der Waals surface area contributed by atoms with Crippen LogP contribution in [0, 0.1) is 10.1 Å². The van der Waals surface area contributed by atoms with Gasteiger partial charge in [-0.15, -0.1) is 0 Å². The highest BCUT2D eigenvalue weighted by atomic mass is 32.1. The smallest absolute Gasteiger partial charge is 0.360 e. The number of nitro groups is 1. The summed E-state index contributed by atoms with van der Waals surface area (Å²) < 4.78 is 6.55. The van der Waals surface area contributed by atoms with Crippen LogP contribution in [0.2, 0.25) is 0 Å². The number of aromatic nitrogens is 2. The number of nitrogens with one attached hydrogen (secondary N) is 1. The molecule has 3 aromatic heterocycles. The number of carbonyl (C=O) groups is 2. The Hall–Kier alpha value is -3.53. The number of amides is 1. The molecule has 0 fully saturated rings. The van der Waals surface area contributed by atoms with Gasteiger partial charge in [0.1, 0.15) is 5.65 Å². The van der Waals surface area contributed by atoms with E-state index in [1.165, 1.54) is 18.2 Å². The second-order valence-corrected chi connectivity index (χ2v) is 6.31. The Labute approximate surface area is 157 Å². The van der Waals surface area contributed by atoms with Crippen molar-refractivity contribution < 1.29 is 19.2 Å². The van der Waals surface area contributed by atoms with E-state index >= 15 is 0 Å². The molecule has 3 rings (SSSR count). The molecule has 10 heteroatoms. The van der Waals surface area contributed by atoms with Crippen molar-refractivity contribution in [1.82, 2.24) is 9.38 Å². The van der Waals surface area contributed by atoms with Gasteiger partial charge in [-0.2, -0.15) is 0 Å². The predicted octanol–water partition coefficient (Wildman–Crippen LogP) is 3.13. The molecule has 0 radical (unpaired) electrons. The predicted molar refractivity (Wildman–Crippen MR) is 99.8 cm³/mol. The average Bonchev–Trinajstić information content (AvgIpc) is 3.26. The van der Waals surface area contributed by atoms with Crippen LogP contribution in [0.3, 0.4) is 0 Å². The molecule has 1 N–H and O–H groups in total. The van der Waals surface area contributed by atoms with Gasteiger partial charge >= 0.3 is 11.0 Å². The fourth-order valence-electron chi connectivity index (χ4n) is 2.30. The molecule has 9 nitrogen and oxygen atoms in total. The van der Waals surface area contributed by atoms with Crippen LogP contribution in [-0.2, 0) is 9.53 Å². The SMILES string of the molecule is CCOC(=O)c1nc2ccccn2c1NC(=O)/C=C/c1ccc([N+](=O)[O-])s1. The zero-order chi connectivity index (χ0) is 19.4. The first kappa shape index (κ1) is 18.3. The molecule has 0 saturated carbocycles. The van der Waals surface area contributed by atoms with Gasteiger partial charge in [-0.3, -0.25) is 19.3 Å². The third-order valence-electron chi connectivity index (χ3n) is 3.43. The van der Waals surface area contributed by atoms with Gasteiger partial charge in [0.15, 0.2) is 11.5 Å². The summed E-state index contributed by atoms with van der Waals surface area (Å²) >= 11 is 0.951. The van der Waals surface area contributed by atoms with Crippen molar-refractivity contribution in [2.45, 2.75) is 6.92 Å². The van der Waals surface area contributed by atoms with Crippen molar-refractivity contribution >= 4 is 45.8 Å². The number of nitrogens with zero attached hydrogens (tertiary/aromatic N) is 3. The monoisotopic (exact) mass is 386 g/mol. The lowest BCUT2D eigenvalue weighted by Crippen LogP contribution is -2.14. The van der Waals surface area contributed by atoms with E-state index in [1.54, 1.807) is 41.8 Å². The highest BCUT2D eigenvalue weighted by molar-refractivity contribution is 7.16. The van der Waals surface area contributed by atoms with Gasteiger partial charge in [0.25, 0.3) is 0 Å². The van der Waals surface area contributed by atoms with Crippen molar-refractivity contribution in [2.24, 2.45) is 0 Å². The standard InChI is InChI=1S/C17H14N4O5S/c1-2-26-17(23)15-16(20-10-4-3-5-12(20)18-15)19-13(22)8-6-11-7-9-14(27-11)21(24)25/h3-10H,2H2,1H3,(H,19,22)/b8-6+. The average molecular weight is 386 g/mol. The van der Waals surface area contributed by atoms with Crippen molar-refractivity contribution in [2.75, 3.05) is 11.9 Å². The van der Waals surface area contributed by atoms with Crippen LogP contribution in [-0.4, -0.2) is 32.8 Å². The number of anilines is 1. The molecule has 0 aliphatic heterocycles. The topological polar surface area (TPSA) is 116 Å². The lowest BCUT2D eigenvalue weighted by Gasteiger charge is -2.05. The number of hydrogen-bond donors (Lipinski definition) is 1. The number of fused-ring (bicyclic) bond motifs is 1. The fraction of sp³-hybridized carbons (Fsp3) is 0.118. The van der Waals surface area contributed by atoms with E-state index in [0.717, 1.165) is 11.3 Å². The minimum atomic E-state index is -0.644. The van der Waals surface area contributed by atoms with Gasteiger partial charge < -0.3 is 10.1 Å². The highest BCUT2D eigenvalue weighted by Gasteiger charge is 2.21. The van der Waals surface area contributed by atoms with Gasteiger partial charge in [-0.1, -0.05) is 17.4 Å². The Morgan fingerprint density at radius 3 is 2.89 bits per heavy atom. The summed E-state index contributed by atoms with van der Waals surface area (Å²) in [7, 11) is 0. The summed E-state index contributed by atoms with van der Waals surface area (Å²) in [5.41, 5.74) is 0.477. The summed E-state index contributed by atoms with van der Waals surface area (Å²) in [5, 5.41) is 13.3. The molecule has 3 aromatic rings. The van der Waals surface area contributed by atoms with Crippen molar-refractivity contribution in [3.05, 3.63) is 63.3 Å². The van der Waals surface area contributed by atoms with E-state index in [2.05, 4.69) is 10.3 Å². The first-order chi connectivity index (χ1) is 13.0.